The molecule has 0 aliphatic carbocycles. The van der Waals surface area contributed by atoms with Crippen molar-refractivity contribution >= 4 is 16.7 Å². The zero-order valence-electron chi connectivity index (χ0n) is 10.9. The van der Waals surface area contributed by atoms with Gasteiger partial charge in [-0.2, -0.15) is 0 Å². The Morgan fingerprint density at radius 2 is 1.90 bits per heavy atom. The Morgan fingerprint density at radius 3 is 2.60 bits per heavy atom. The molecule has 20 heavy (non-hydrogen) atoms. The highest BCUT2D eigenvalue weighted by Crippen LogP contribution is 2.14. The number of hydrogen-bond donors (Lipinski definition) is 0. The molecule has 0 fully saturated rings. The van der Waals surface area contributed by atoms with Gasteiger partial charge < -0.3 is 0 Å². The predicted octanol–water partition coefficient (Wildman–Crippen LogP) is 1.82. The van der Waals surface area contributed by atoms with Gasteiger partial charge in [-0.05, 0) is 29.8 Å². The van der Waals surface area contributed by atoms with Crippen molar-refractivity contribution in [3.05, 3.63) is 64.2 Å². The normalized spacial score (nSPS) is 10.8. The molecular formula is C14H13N4O2+. The number of aromatic nitrogens is 3. The van der Waals surface area contributed by atoms with Gasteiger partial charge in [0.25, 0.3) is 5.69 Å². The molecule has 0 amide bonds. The topological polar surface area (TPSA) is 64.8 Å². The lowest BCUT2D eigenvalue weighted by Gasteiger charge is -1.97. The molecule has 0 saturated carbocycles. The van der Waals surface area contributed by atoms with E-state index in [9.17, 15) is 10.1 Å². The van der Waals surface area contributed by atoms with Gasteiger partial charge in [-0.15, -0.1) is 9.36 Å². The maximum Gasteiger partial charge on any atom is 0.269 e. The number of para-hydroxylation sites is 2. The smallest absolute Gasteiger partial charge is 0.258 e. The molecule has 100 valence electrons. The molecule has 0 unspecified atom stereocenters. The van der Waals surface area contributed by atoms with Crippen molar-refractivity contribution in [2.75, 3.05) is 0 Å². The van der Waals surface area contributed by atoms with Crippen LogP contribution < -0.4 is 4.68 Å². The second kappa shape index (κ2) is 4.73. The molecule has 0 spiro atoms. The number of non-ortho nitro benzene ring substituents is 1. The first-order valence-corrected chi connectivity index (χ1v) is 6.20. The Balaban J connectivity index is 1.95. The minimum absolute atomic E-state index is 0.102. The van der Waals surface area contributed by atoms with Crippen LogP contribution in [0.25, 0.3) is 11.0 Å². The lowest BCUT2D eigenvalue weighted by molar-refractivity contribution is -0.709. The average Bonchev–Trinajstić information content (AvgIpc) is 2.77. The average molecular weight is 269 g/mol. The summed E-state index contributed by atoms with van der Waals surface area (Å²) < 4.78 is 3.71. The molecule has 6 nitrogen and oxygen atoms in total. The molecule has 2 aromatic carbocycles. The predicted molar refractivity (Wildman–Crippen MR) is 73.1 cm³/mol. The van der Waals surface area contributed by atoms with Crippen molar-refractivity contribution in [1.29, 1.82) is 0 Å². The molecule has 0 atom stereocenters. The van der Waals surface area contributed by atoms with Crippen LogP contribution in [0.5, 0.6) is 0 Å². The van der Waals surface area contributed by atoms with Crippen LogP contribution in [-0.4, -0.2) is 14.8 Å². The number of nitro benzene ring substituents is 1. The van der Waals surface area contributed by atoms with E-state index < -0.39 is 4.92 Å². The second-order valence-electron chi connectivity index (χ2n) is 4.58. The Morgan fingerprint density at radius 1 is 1.20 bits per heavy atom. The molecule has 3 aromatic rings. The highest BCUT2D eigenvalue weighted by Gasteiger charge is 2.15. The SMILES string of the molecule is C[n+]1nn(Cc2ccc([N+](=O)[O-])cc2)c2ccccc21. The van der Waals surface area contributed by atoms with E-state index in [0.717, 1.165) is 16.6 Å². The molecular weight excluding hydrogens is 256 g/mol. The molecule has 0 N–H and O–H groups in total. The van der Waals surface area contributed by atoms with Crippen LogP contribution in [0.1, 0.15) is 5.56 Å². The molecule has 3 rings (SSSR count). The molecule has 6 heteroatoms. The van der Waals surface area contributed by atoms with E-state index in [4.69, 9.17) is 0 Å². The van der Waals surface area contributed by atoms with Gasteiger partial charge in [-0.3, -0.25) is 10.1 Å². The number of rotatable bonds is 3. The summed E-state index contributed by atoms with van der Waals surface area (Å²) in [5.41, 5.74) is 3.16. The van der Waals surface area contributed by atoms with Crippen LogP contribution in [0, 0.1) is 10.1 Å². The zero-order valence-corrected chi connectivity index (χ0v) is 10.9. The van der Waals surface area contributed by atoms with Crippen molar-refractivity contribution in [3.8, 4) is 0 Å². The van der Waals surface area contributed by atoms with Crippen LogP contribution in [0.4, 0.5) is 5.69 Å². The van der Waals surface area contributed by atoms with Gasteiger partial charge in [0.05, 0.1) is 10.1 Å². The van der Waals surface area contributed by atoms with Gasteiger partial charge in [-0.1, -0.05) is 12.1 Å². The molecule has 0 saturated heterocycles. The van der Waals surface area contributed by atoms with Gasteiger partial charge in [0.15, 0.2) is 11.0 Å². The van der Waals surface area contributed by atoms with E-state index in [2.05, 4.69) is 5.21 Å². The maximum absolute atomic E-state index is 10.6. The Kier molecular flexibility index (Phi) is 2.90. The van der Waals surface area contributed by atoms with Crippen LogP contribution >= 0.6 is 0 Å². The highest BCUT2D eigenvalue weighted by atomic mass is 16.6. The molecule has 0 aliphatic rings. The van der Waals surface area contributed by atoms with Crippen LogP contribution in [0.15, 0.2) is 48.5 Å². The lowest BCUT2D eigenvalue weighted by Crippen LogP contribution is -2.31. The number of fused-ring (bicyclic) bond motifs is 1. The summed E-state index contributed by atoms with van der Waals surface area (Å²) in [6.07, 6.45) is 0. The fraction of sp³-hybridized carbons (Fsp3) is 0.143. The summed E-state index contributed by atoms with van der Waals surface area (Å²) >= 11 is 0. The van der Waals surface area contributed by atoms with E-state index in [1.54, 1.807) is 12.1 Å². The molecule has 0 bridgehead atoms. The third-order valence-electron chi connectivity index (χ3n) is 3.23. The summed E-state index contributed by atoms with van der Waals surface area (Å²) in [6.45, 7) is 0.583. The largest absolute Gasteiger partial charge is 0.269 e. The minimum atomic E-state index is -0.396. The van der Waals surface area contributed by atoms with Gasteiger partial charge in [0.2, 0.25) is 0 Å². The number of aryl methyl sites for hydroxylation is 1. The quantitative estimate of drug-likeness (QED) is 0.414. The third-order valence-corrected chi connectivity index (χ3v) is 3.23. The Bertz CT molecular complexity index is 777. The summed E-state index contributed by atoms with van der Waals surface area (Å²) in [5, 5.41) is 15.1. The standard InChI is InChI=1S/C14H13N4O2/c1-16-13-4-2-3-5-14(13)17(15-16)10-11-6-8-12(9-7-11)18(19)20/h2-9H,10H2,1H3/q+1. The van der Waals surface area contributed by atoms with Gasteiger partial charge in [-0.25, -0.2) is 0 Å². The van der Waals surface area contributed by atoms with Crippen LogP contribution in [0.3, 0.4) is 0 Å². The fourth-order valence-electron chi connectivity index (χ4n) is 2.23. The monoisotopic (exact) mass is 269 g/mol. The van der Waals surface area contributed by atoms with Crippen molar-refractivity contribution in [3.63, 3.8) is 0 Å². The van der Waals surface area contributed by atoms with Gasteiger partial charge in [0.1, 0.15) is 13.6 Å². The maximum atomic E-state index is 10.6. The third kappa shape index (κ3) is 2.11. The van der Waals surface area contributed by atoms with Crippen molar-refractivity contribution in [2.24, 2.45) is 7.05 Å². The summed E-state index contributed by atoms with van der Waals surface area (Å²) in [4.78, 5) is 10.2. The van der Waals surface area contributed by atoms with E-state index in [0.29, 0.717) is 6.54 Å². The second-order valence-corrected chi connectivity index (χ2v) is 4.58. The first-order chi connectivity index (χ1) is 9.65. The minimum Gasteiger partial charge on any atom is -0.258 e. The zero-order chi connectivity index (χ0) is 14.1. The number of nitrogens with zero attached hydrogens (tertiary/aromatic N) is 4. The summed E-state index contributed by atoms with van der Waals surface area (Å²) in [7, 11) is 1.90. The molecule has 1 aromatic heterocycles. The van der Waals surface area contributed by atoms with Crippen LogP contribution in [-0.2, 0) is 13.6 Å². The van der Waals surface area contributed by atoms with Gasteiger partial charge in [0, 0.05) is 12.1 Å². The first-order valence-electron chi connectivity index (χ1n) is 6.20. The van der Waals surface area contributed by atoms with Crippen molar-refractivity contribution < 1.29 is 9.61 Å². The van der Waals surface area contributed by atoms with Crippen LogP contribution in [0.2, 0.25) is 0 Å². The molecule has 0 radical (unpaired) electrons. The summed E-state index contributed by atoms with van der Waals surface area (Å²) in [6, 6.07) is 14.5. The van der Waals surface area contributed by atoms with Crippen molar-refractivity contribution in [2.45, 2.75) is 6.54 Å². The van der Waals surface area contributed by atoms with E-state index in [-0.39, 0.29) is 5.69 Å². The van der Waals surface area contributed by atoms with E-state index >= 15 is 0 Å². The Labute approximate surface area is 115 Å². The number of nitro groups is 1. The number of benzene rings is 2. The number of hydrogen-bond acceptors (Lipinski definition) is 3. The van der Waals surface area contributed by atoms with E-state index in [1.165, 1.54) is 12.1 Å². The summed E-state index contributed by atoms with van der Waals surface area (Å²) in [5.74, 6) is 0. The fourth-order valence-corrected chi connectivity index (χ4v) is 2.23. The lowest BCUT2D eigenvalue weighted by atomic mass is 10.2. The van der Waals surface area contributed by atoms with Crippen molar-refractivity contribution in [1.82, 2.24) is 9.90 Å². The molecule has 1 heterocycles. The highest BCUT2D eigenvalue weighted by molar-refractivity contribution is 5.70. The van der Waals surface area contributed by atoms with E-state index in [1.807, 2.05) is 40.7 Å². The van der Waals surface area contributed by atoms with Gasteiger partial charge >= 0.3 is 0 Å². The molecule has 0 aliphatic heterocycles. The Hall–Kier alpha value is -2.76. The first kappa shape index (κ1) is 12.3.